The first kappa shape index (κ1) is 13.3. The Morgan fingerprint density at radius 3 is 2.58 bits per heavy atom. The van der Waals surface area contributed by atoms with Crippen molar-refractivity contribution < 1.29 is 19.4 Å². The van der Waals surface area contributed by atoms with Crippen LogP contribution in [-0.4, -0.2) is 23.8 Å². The minimum absolute atomic E-state index is 0.0499. The van der Waals surface area contributed by atoms with Crippen LogP contribution in [0.4, 0.5) is 0 Å². The van der Waals surface area contributed by atoms with Gasteiger partial charge in [-0.3, -0.25) is 9.59 Å². The van der Waals surface area contributed by atoms with E-state index in [1.54, 1.807) is 7.11 Å². The summed E-state index contributed by atoms with van der Waals surface area (Å²) in [6, 6.07) is 7.41. The molecule has 4 heteroatoms. The average molecular weight is 260 g/mol. The van der Waals surface area contributed by atoms with E-state index in [0.717, 1.165) is 5.56 Å². The van der Waals surface area contributed by atoms with Crippen molar-refractivity contribution in [1.29, 1.82) is 0 Å². The Kier molecular flexibility index (Phi) is 3.69. The molecule has 0 radical (unpaired) electrons. The van der Waals surface area contributed by atoms with Crippen LogP contribution in [0.2, 0.25) is 0 Å². The molecule has 0 fully saturated rings. The fraction of sp³-hybridized carbons (Fsp3) is 0.333. The molecule has 1 N–H and O–H groups in total. The quantitative estimate of drug-likeness (QED) is 0.848. The van der Waals surface area contributed by atoms with Crippen molar-refractivity contribution in [3.8, 4) is 5.75 Å². The Morgan fingerprint density at radius 2 is 2.00 bits per heavy atom. The van der Waals surface area contributed by atoms with E-state index < -0.39 is 0 Å². The van der Waals surface area contributed by atoms with Crippen molar-refractivity contribution in [2.75, 3.05) is 7.11 Å². The topological polar surface area (TPSA) is 63.6 Å². The van der Waals surface area contributed by atoms with Gasteiger partial charge >= 0.3 is 0 Å². The van der Waals surface area contributed by atoms with Gasteiger partial charge in [-0.2, -0.15) is 0 Å². The van der Waals surface area contributed by atoms with Crippen molar-refractivity contribution in [3.05, 3.63) is 41.2 Å². The minimum Gasteiger partial charge on any atom is -0.511 e. The number of hydrogen-bond acceptors (Lipinski definition) is 4. The van der Waals surface area contributed by atoms with E-state index in [1.165, 1.54) is 6.92 Å². The van der Waals surface area contributed by atoms with Crippen molar-refractivity contribution in [2.24, 2.45) is 0 Å². The monoisotopic (exact) mass is 260 g/mol. The molecular weight excluding hydrogens is 244 g/mol. The van der Waals surface area contributed by atoms with E-state index in [-0.39, 0.29) is 35.2 Å². The zero-order valence-corrected chi connectivity index (χ0v) is 11.0. The lowest BCUT2D eigenvalue weighted by Gasteiger charge is -2.24. The Labute approximate surface area is 111 Å². The highest BCUT2D eigenvalue weighted by Crippen LogP contribution is 2.37. The second-order valence-electron chi connectivity index (χ2n) is 4.65. The second-order valence-corrected chi connectivity index (χ2v) is 4.65. The van der Waals surface area contributed by atoms with Gasteiger partial charge in [-0.15, -0.1) is 0 Å². The molecule has 0 bridgehead atoms. The zero-order chi connectivity index (χ0) is 14.0. The predicted octanol–water partition coefficient (Wildman–Crippen LogP) is 2.54. The smallest absolute Gasteiger partial charge is 0.170 e. The number of ether oxygens (including phenoxy) is 1. The molecule has 2 rings (SSSR count). The maximum Gasteiger partial charge on any atom is 0.170 e. The largest absolute Gasteiger partial charge is 0.511 e. The predicted molar refractivity (Wildman–Crippen MR) is 70.3 cm³/mol. The number of carbonyl (C=O) groups is 2. The molecule has 1 aliphatic rings. The van der Waals surface area contributed by atoms with Gasteiger partial charge in [0.05, 0.1) is 12.7 Å². The third-order valence-corrected chi connectivity index (χ3v) is 3.37. The highest BCUT2D eigenvalue weighted by molar-refractivity contribution is 6.20. The number of ketones is 2. The highest BCUT2D eigenvalue weighted by Gasteiger charge is 2.31. The van der Waals surface area contributed by atoms with Gasteiger partial charge in [0.25, 0.3) is 0 Å². The first-order chi connectivity index (χ1) is 9.04. The van der Waals surface area contributed by atoms with Gasteiger partial charge in [0.1, 0.15) is 11.5 Å². The Hall–Kier alpha value is -2.10. The summed E-state index contributed by atoms with van der Waals surface area (Å²) in [5.41, 5.74) is 0.832. The van der Waals surface area contributed by atoms with Crippen LogP contribution in [0.25, 0.3) is 0 Å². The summed E-state index contributed by atoms with van der Waals surface area (Å²) in [7, 11) is 1.57. The molecule has 0 saturated heterocycles. The van der Waals surface area contributed by atoms with Gasteiger partial charge < -0.3 is 9.84 Å². The fourth-order valence-corrected chi connectivity index (χ4v) is 2.52. The number of rotatable bonds is 3. The first-order valence-corrected chi connectivity index (χ1v) is 6.13. The van der Waals surface area contributed by atoms with Gasteiger partial charge in [-0.1, -0.05) is 18.2 Å². The van der Waals surface area contributed by atoms with E-state index in [9.17, 15) is 14.7 Å². The van der Waals surface area contributed by atoms with E-state index in [4.69, 9.17) is 4.74 Å². The molecule has 1 atom stereocenters. The van der Waals surface area contributed by atoms with Crippen molar-refractivity contribution >= 4 is 11.6 Å². The second kappa shape index (κ2) is 5.26. The van der Waals surface area contributed by atoms with Crippen molar-refractivity contribution in [2.45, 2.75) is 25.7 Å². The molecule has 4 nitrogen and oxygen atoms in total. The van der Waals surface area contributed by atoms with Crippen LogP contribution in [-0.2, 0) is 9.59 Å². The van der Waals surface area contributed by atoms with E-state index >= 15 is 0 Å². The summed E-state index contributed by atoms with van der Waals surface area (Å²) in [6.45, 7) is 1.30. The number of hydrogen-bond donors (Lipinski definition) is 1. The maximum absolute atomic E-state index is 12.0. The molecule has 0 amide bonds. The fourth-order valence-electron chi connectivity index (χ4n) is 2.52. The molecule has 1 aliphatic carbocycles. The minimum atomic E-state index is -0.374. The molecule has 1 aromatic rings. The van der Waals surface area contributed by atoms with Crippen LogP contribution < -0.4 is 4.74 Å². The van der Waals surface area contributed by atoms with Crippen LogP contribution in [0.3, 0.4) is 0 Å². The molecule has 1 aromatic carbocycles. The SMILES string of the molecule is COc1ccccc1C1CC(=O)C(C(C)=O)=C(O)C1. The average Bonchev–Trinajstić information content (AvgIpc) is 2.37. The van der Waals surface area contributed by atoms with E-state index in [1.807, 2.05) is 24.3 Å². The number of Topliss-reactive ketones (excluding diaryl/α,β-unsaturated/α-hetero) is 2. The standard InChI is InChI=1S/C15H16O4/c1-9(16)15-12(17)7-10(8-13(15)18)11-5-3-4-6-14(11)19-2/h3-6,10,17H,7-8H2,1-2H3. The molecular formula is C15H16O4. The summed E-state index contributed by atoms with van der Waals surface area (Å²) < 4.78 is 5.27. The molecule has 1 unspecified atom stereocenters. The Balaban J connectivity index is 2.36. The first-order valence-electron chi connectivity index (χ1n) is 6.13. The van der Waals surface area contributed by atoms with Crippen LogP contribution in [0.5, 0.6) is 5.75 Å². The molecule has 0 spiro atoms. The Morgan fingerprint density at radius 1 is 1.32 bits per heavy atom. The lowest BCUT2D eigenvalue weighted by molar-refractivity contribution is -0.121. The number of carbonyl (C=O) groups excluding carboxylic acids is 2. The van der Waals surface area contributed by atoms with Crippen molar-refractivity contribution in [1.82, 2.24) is 0 Å². The summed E-state index contributed by atoms with van der Waals surface area (Å²) in [5, 5.41) is 9.90. The molecule has 19 heavy (non-hydrogen) atoms. The van der Waals surface area contributed by atoms with Gasteiger partial charge in [-0.05, 0) is 18.6 Å². The zero-order valence-electron chi connectivity index (χ0n) is 11.0. The van der Waals surface area contributed by atoms with E-state index in [0.29, 0.717) is 12.2 Å². The van der Waals surface area contributed by atoms with Gasteiger partial charge in [0.2, 0.25) is 0 Å². The lowest BCUT2D eigenvalue weighted by Crippen LogP contribution is -2.22. The third kappa shape index (κ3) is 2.52. The molecule has 0 aliphatic heterocycles. The maximum atomic E-state index is 12.0. The van der Waals surface area contributed by atoms with Crippen LogP contribution >= 0.6 is 0 Å². The van der Waals surface area contributed by atoms with Crippen LogP contribution in [0.15, 0.2) is 35.6 Å². The van der Waals surface area contributed by atoms with Gasteiger partial charge in [0.15, 0.2) is 11.6 Å². The molecule has 0 aromatic heterocycles. The Bertz CT molecular complexity index is 557. The normalized spacial score (nSPS) is 19.5. The molecule has 0 heterocycles. The van der Waals surface area contributed by atoms with Gasteiger partial charge in [-0.25, -0.2) is 0 Å². The number of benzene rings is 1. The van der Waals surface area contributed by atoms with Crippen LogP contribution in [0.1, 0.15) is 31.2 Å². The number of methoxy groups -OCH3 is 1. The van der Waals surface area contributed by atoms with Crippen molar-refractivity contribution in [3.63, 3.8) is 0 Å². The van der Waals surface area contributed by atoms with E-state index in [2.05, 4.69) is 0 Å². The van der Waals surface area contributed by atoms with Crippen LogP contribution in [0, 0.1) is 0 Å². The number of aliphatic hydroxyl groups is 1. The summed E-state index contributed by atoms with van der Waals surface area (Å²) in [4.78, 5) is 23.3. The number of aliphatic hydroxyl groups excluding tert-OH is 1. The summed E-state index contributed by atoms with van der Waals surface area (Å²) in [6.07, 6.45) is 0.514. The summed E-state index contributed by atoms with van der Waals surface area (Å²) in [5.74, 6) is -0.237. The molecule has 0 saturated carbocycles. The highest BCUT2D eigenvalue weighted by atomic mass is 16.5. The molecule has 100 valence electrons. The third-order valence-electron chi connectivity index (χ3n) is 3.37. The lowest BCUT2D eigenvalue weighted by atomic mass is 9.81. The number of allylic oxidation sites excluding steroid dienone is 2. The summed E-state index contributed by atoms with van der Waals surface area (Å²) >= 11 is 0. The van der Waals surface area contributed by atoms with Gasteiger partial charge in [0, 0.05) is 18.8 Å². The number of para-hydroxylation sites is 1.